The van der Waals surface area contributed by atoms with Crippen molar-refractivity contribution < 1.29 is 4.74 Å². The van der Waals surface area contributed by atoms with E-state index in [1.165, 1.54) is 0 Å². The smallest absolute Gasteiger partial charge is 0.230 e. The van der Waals surface area contributed by atoms with Crippen LogP contribution in [0, 0.1) is 36.5 Å². The Balaban J connectivity index is 1.71. The van der Waals surface area contributed by atoms with E-state index in [9.17, 15) is 5.26 Å². The first-order chi connectivity index (χ1) is 14.6. The zero-order valence-electron chi connectivity index (χ0n) is 16.8. The van der Waals surface area contributed by atoms with Crippen LogP contribution in [-0.2, 0) is 13.0 Å². The lowest BCUT2D eigenvalue weighted by molar-refractivity contribution is 0.441. The number of hydrogen-bond acceptors (Lipinski definition) is 7. The third-order valence-electron chi connectivity index (χ3n) is 4.96. The first kappa shape index (κ1) is 19.4. The number of aromatic nitrogens is 2. The zero-order valence-corrected chi connectivity index (χ0v) is 16.8. The highest BCUT2D eigenvalue weighted by Crippen LogP contribution is 2.33. The number of ether oxygens (including phenoxy) is 1. The normalized spacial score (nSPS) is 12.4. The van der Waals surface area contributed by atoms with Gasteiger partial charge in [0.25, 0.3) is 0 Å². The van der Waals surface area contributed by atoms with Gasteiger partial charge in [-0.05, 0) is 74.3 Å². The quantitative estimate of drug-likeness (QED) is 0.686. The molecule has 148 valence electrons. The van der Waals surface area contributed by atoms with E-state index in [4.69, 9.17) is 10.00 Å². The average molecular weight is 396 g/mol. The molecule has 2 N–H and O–H groups in total. The van der Waals surface area contributed by atoms with Crippen molar-refractivity contribution in [3.05, 3.63) is 69.9 Å². The molecule has 30 heavy (non-hydrogen) atoms. The summed E-state index contributed by atoms with van der Waals surface area (Å²) in [5.41, 5.74) is 5.63. The lowest BCUT2D eigenvalue weighted by Crippen LogP contribution is -2.26. The molecule has 0 fully saturated rings. The van der Waals surface area contributed by atoms with Gasteiger partial charge in [0.15, 0.2) is 0 Å². The van der Waals surface area contributed by atoms with Crippen molar-refractivity contribution in [1.82, 2.24) is 15.3 Å². The number of benzene rings is 2. The number of nitrogens with one attached hydrogen (secondary N) is 2. The maximum absolute atomic E-state index is 9.19. The minimum absolute atomic E-state index is 0.432. The number of hydrogen-bond donors (Lipinski definition) is 2. The molecule has 0 saturated carbocycles. The third-order valence-corrected chi connectivity index (χ3v) is 4.96. The highest BCUT2D eigenvalue weighted by molar-refractivity contribution is 5.57. The first-order valence-electron chi connectivity index (χ1n) is 9.64. The molecule has 7 heteroatoms. The maximum Gasteiger partial charge on any atom is 0.230 e. The Morgan fingerprint density at radius 2 is 1.70 bits per heavy atom. The standard InChI is InChI=1S/C23H20N6O/c1-14-9-17(12-25)10-15(2)21(14)30-22-19-7-8-26-13-20(19)28-23(29-22)27-18-5-3-16(11-24)4-6-18/h3-6,9-10,26H,7-8,13H2,1-2H3,(H,27,28,29). The van der Waals surface area contributed by atoms with Crippen molar-refractivity contribution in [3.63, 3.8) is 0 Å². The number of anilines is 2. The lowest BCUT2D eigenvalue weighted by atomic mass is 10.1. The van der Waals surface area contributed by atoms with Crippen LogP contribution in [0.4, 0.5) is 11.6 Å². The van der Waals surface area contributed by atoms with Gasteiger partial charge in [-0.25, -0.2) is 4.98 Å². The zero-order chi connectivity index (χ0) is 21.1. The molecule has 2 heterocycles. The Labute approximate surface area is 175 Å². The maximum atomic E-state index is 9.19. The predicted octanol–water partition coefficient (Wildman–Crippen LogP) is 4.02. The van der Waals surface area contributed by atoms with Gasteiger partial charge in [-0.1, -0.05) is 0 Å². The van der Waals surface area contributed by atoms with E-state index in [0.717, 1.165) is 41.0 Å². The van der Waals surface area contributed by atoms with E-state index in [0.29, 0.717) is 35.2 Å². The molecule has 2 aromatic carbocycles. The fourth-order valence-electron chi connectivity index (χ4n) is 3.50. The Hall–Kier alpha value is -3.94. The van der Waals surface area contributed by atoms with Crippen LogP contribution in [-0.4, -0.2) is 16.5 Å². The molecular formula is C23H20N6O. The van der Waals surface area contributed by atoms with Crippen molar-refractivity contribution >= 4 is 11.6 Å². The third kappa shape index (κ3) is 3.93. The Morgan fingerprint density at radius 3 is 2.37 bits per heavy atom. The monoisotopic (exact) mass is 396 g/mol. The molecule has 1 aromatic heterocycles. The van der Waals surface area contributed by atoms with Crippen LogP contribution in [0.3, 0.4) is 0 Å². The molecule has 4 rings (SSSR count). The highest BCUT2D eigenvalue weighted by Gasteiger charge is 2.21. The molecule has 0 unspecified atom stereocenters. The van der Waals surface area contributed by atoms with Crippen LogP contribution in [0.25, 0.3) is 0 Å². The molecule has 7 nitrogen and oxygen atoms in total. The van der Waals surface area contributed by atoms with Crippen molar-refractivity contribution in [3.8, 4) is 23.8 Å². The average Bonchev–Trinajstić information content (AvgIpc) is 2.76. The second kappa shape index (κ2) is 8.20. The summed E-state index contributed by atoms with van der Waals surface area (Å²) in [6.45, 7) is 5.32. The predicted molar refractivity (Wildman–Crippen MR) is 113 cm³/mol. The summed E-state index contributed by atoms with van der Waals surface area (Å²) in [6.07, 6.45) is 0.774. The molecule has 0 bridgehead atoms. The molecule has 3 aromatic rings. The SMILES string of the molecule is Cc1cc(C#N)cc(C)c1Oc1nc(Nc2ccc(C#N)cc2)nc2c1CCNC2. The van der Waals surface area contributed by atoms with Crippen LogP contribution in [0.15, 0.2) is 36.4 Å². The fraction of sp³-hybridized carbons (Fsp3) is 0.217. The van der Waals surface area contributed by atoms with Crippen LogP contribution >= 0.6 is 0 Å². The van der Waals surface area contributed by atoms with E-state index >= 15 is 0 Å². The van der Waals surface area contributed by atoms with Crippen molar-refractivity contribution in [2.45, 2.75) is 26.8 Å². The summed E-state index contributed by atoms with van der Waals surface area (Å²) in [6, 6.07) is 15.0. The van der Waals surface area contributed by atoms with Gasteiger partial charge in [0.05, 0.1) is 29.0 Å². The molecule has 0 amide bonds. The summed E-state index contributed by atoms with van der Waals surface area (Å²) in [5, 5.41) is 24.7. The Bertz CT molecular complexity index is 1170. The van der Waals surface area contributed by atoms with Crippen LogP contribution < -0.4 is 15.4 Å². The number of nitriles is 2. The molecule has 0 radical (unpaired) electrons. The van der Waals surface area contributed by atoms with Crippen LogP contribution in [0.5, 0.6) is 11.6 Å². The van der Waals surface area contributed by atoms with Gasteiger partial charge in [-0.2, -0.15) is 15.5 Å². The second-order valence-electron chi connectivity index (χ2n) is 7.17. The van der Waals surface area contributed by atoms with E-state index in [1.54, 1.807) is 12.1 Å². The summed E-state index contributed by atoms with van der Waals surface area (Å²) in [7, 11) is 0. The van der Waals surface area contributed by atoms with Gasteiger partial charge in [0.2, 0.25) is 11.8 Å². The molecule has 1 aliphatic heterocycles. The largest absolute Gasteiger partial charge is 0.438 e. The molecule has 0 atom stereocenters. The van der Waals surface area contributed by atoms with Crippen molar-refractivity contribution in [1.29, 1.82) is 10.5 Å². The van der Waals surface area contributed by atoms with Gasteiger partial charge in [-0.15, -0.1) is 0 Å². The van der Waals surface area contributed by atoms with Gasteiger partial charge >= 0.3 is 0 Å². The summed E-state index contributed by atoms with van der Waals surface area (Å²) < 4.78 is 6.28. The van der Waals surface area contributed by atoms with Crippen molar-refractivity contribution in [2.75, 3.05) is 11.9 Å². The van der Waals surface area contributed by atoms with Gasteiger partial charge < -0.3 is 15.4 Å². The number of rotatable bonds is 4. The molecule has 0 aliphatic carbocycles. The minimum Gasteiger partial charge on any atom is -0.438 e. The molecule has 0 spiro atoms. The van der Waals surface area contributed by atoms with Crippen LogP contribution in [0.1, 0.15) is 33.5 Å². The number of aryl methyl sites for hydroxylation is 2. The van der Waals surface area contributed by atoms with E-state index in [-0.39, 0.29) is 0 Å². The van der Waals surface area contributed by atoms with E-state index in [2.05, 4.69) is 32.7 Å². The fourth-order valence-corrected chi connectivity index (χ4v) is 3.50. The molecule has 1 aliphatic rings. The van der Waals surface area contributed by atoms with E-state index < -0.39 is 0 Å². The van der Waals surface area contributed by atoms with Crippen LogP contribution in [0.2, 0.25) is 0 Å². The second-order valence-corrected chi connectivity index (χ2v) is 7.17. The van der Waals surface area contributed by atoms with Crippen molar-refractivity contribution in [2.24, 2.45) is 0 Å². The number of fused-ring (bicyclic) bond motifs is 1. The Morgan fingerprint density at radius 1 is 1.00 bits per heavy atom. The van der Waals surface area contributed by atoms with E-state index in [1.807, 2.05) is 38.1 Å². The highest BCUT2D eigenvalue weighted by atomic mass is 16.5. The summed E-state index contributed by atoms with van der Waals surface area (Å²) >= 11 is 0. The molecule has 0 saturated heterocycles. The van der Waals surface area contributed by atoms with Gasteiger partial charge in [0, 0.05) is 17.8 Å². The first-order valence-corrected chi connectivity index (χ1v) is 9.64. The van der Waals surface area contributed by atoms with Gasteiger partial charge in [0.1, 0.15) is 5.75 Å². The summed E-state index contributed by atoms with van der Waals surface area (Å²) in [4.78, 5) is 9.29. The molecular weight excluding hydrogens is 376 g/mol. The lowest BCUT2D eigenvalue weighted by Gasteiger charge is -2.21. The Kier molecular flexibility index (Phi) is 5.30. The topological polar surface area (TPSA) is 107 Å². The van der Waals surface area contributed by atoms with Gasteiger partial charge in [-0.3, -0.25) is 0 Å². The number of nitrogens with zero attached hydrogens (tertiary/aromatic N) is 4. The summed E-state index contributed by atoms with van der Waals surface area (Å²) in [5.74, 6) is 1.66. The minimum atomic E-state index is 0.432.